The van der Waals surface area contributed by atoms with E-state index in [0.29, 0.717) is 6.61 Å². The number of hydrogen-bond acceptors (Lipinski definition) is 7. The quantitative estimate of drug-likeness (QED) is 0.758. The number of anilines is 2. The molecule has 0 unspecified atom stereocenters. The number of ether oxygens (including phenoxy) is 2. The van der Waals surface area contributed by atoms with Crippen LogP contribution in [0.3, 0.4) is 0 Å². The normalized spacial score (nSPS) is 16.4. The van der Waals surface area contributed by atoms with Gasteiger partial charge in [0.15, 0.2) is 0 Å². The van der Waals surface area contributed by atoms with Gasteiger partial charge in [0, 0.05) is 38.3 Å². The highest BCUT2D eigenvalue weighted by atomic mass is 32.1. The van der Waals surface area contributed by atoms with Crippen LogP contribution < -0.4 is 10.2 Å². The van der Waals surface area contributed by atoms with Crippen molar-refractivity contribution >= 4 is 22.6 Å². The lowest BCUT2D eigenvalue weighted by atomic mass is 10.4. The first-order chi connectivity index (χ1) is 7.90. The first-order valence-electron chi connectivity index (χ1n) is 5.29. The van der Waals surface area contributed by atoms with Crippen molar-refractivity contribution in [1.29, 1.82) is 0 Å². The van der Waals surface area contributed by atoms with Crippen molar-refractivity contribution in [3.63, 3.8) is 0 Å². The lowest BCUT2D eigenvalue weighted by Gasteiger charge is -2.25. The number of rotatable bonds is 5. The zero-order chi connectivity index (χ0) is 11.2. The van der Waals surface area contributed by atoms with Crippen LogP contribution in [0.1, 0.15) is 0 Å². The molecule has 1 saturated heterocycles. The molecule has 0 bridgehead atoms. The zero-order valence-electron chi connectivity index (χ0n) is 9.31. The average Bonchev–Trinajstić information content (AvgIpc) is 2.79. The van der Waals surface area contributed by atoms with E-state index in [1.807, 2.05) is 0 Å². The summed E-state index contributed by atoms with van der Waals surface area (Å²) in [5.41, 5.74) is 0. The van der Waals surface area contributed by atoms with Gasteiger partial charge in [-0.2, -0.15) is 9.36 Å². The summed E-state index contributed by atoms with van der Waals surface area (Å²) >= 11 is 1.38. The highest BCUT2D eigenvalue weighted by Crippen LogP contribution is 2.18. The number of hydrogen-bond donors (Lipinski definition) is 1. The van der Waals surface area contributed by atoms with Gasteiger partial charge < -0.3 is 19.7 Å². The number of morpholine rings is 1. The molecule has 1 aromatic heterocycles. The van der Waals surface area contributed by atoms with E-state index < -0.39 is 0 Å². The molecule has 0 saturated carbocycles. The Morgan fingerprint density at radius 3 is 3.06 bits per heavy atom. The predicted octanol–water partition coefficient (Wildman–Crippen LogP) is 0.433. The van der Waals surface area contributed by atoms with Crippen LogP contribution in [0.5, 0.6) is 0 Å². The maximum atomic E-state index is 5.28. The van der Waals surface area contributed by atoms with Gasteiger partial charge >= 0.3 is 0 Å². The summed E-state index contributed by atoms with van der Waals surface area (Å²) in [6.45, 7) is 4.68. The zero-order valence-corrected chi connectivity index (χ0v) is 10.1. The van der Waals surface area contributed by atoms with Gasteiger partial charge in [-0.1, -0.05) is 0 Å². The van der Waals surface area contributed by atoms with Gasteiger partial charge in [0.25, 0.3) is 0 Å². The first-order valence-corrected chi connectivity index (χ1v) is 6.06. The molecule has 0 amide bonds. The Kier molecular flexibility index (Phi) is 4.32. The van der Waals surface area contributed by atoms with E-state index in [-0.39, 0.29) is 0 Å². The highest BCUT2D eigenvalue weighted by Gasteiger charge is 2.15. The summed E-state index contributed by atoms with van der Waals surface area (Å²) in [6.07, 6.45) is 0. The van der Waals surface area contributed by atoms with Crippen LogP contribution in [0.15, 0.2) is 0 Å². The van der Waals surface area contributed by atoms with Crippen LogP contribution in [-0.4, -0.2) is 55.9 Å². The molecule has 16 heavy (non-hydrogen) atoms. The number of methoxy groups -OCH3 is 1. The molecule has 1 aromatic rings. The van der Waals surface area contributed by atoms with Gasteiger partial charge in [0.2, 0.25) is 11.1 Å². The second-order valence-electron chi connectivity index (χ2n) is 3.42. The molecule has 0 aromatic carbocycles. The SMILES string of the molecule is COCCNc1nc(N2CCOCC2)ns1. The van der Waals surface area contributed by atoms with Crippen molar-refractivity contribution in [3.05, 3.63) is 0 Å². The molecule has 0 atom stereocenters. The molecule has 0 spiro atoms. The fraction of sp³-hybridized carbons (Fsp3) is 0.778. The summed E-state index contributed by atoms with van der Waals surface area (Å²) in [5, 5.41) is 4.01. The molecule has 1 N–H and O–H groups in total. The van der Waals surface area contributed by atoms with Crippen molar-refractivity contribution < 1.29 is 9.47 Å². The lowest BCUT2D eigenvalue weighted by Crippen LogP contribution is -2.36. The van der Waals surface area contributed by atoms with E-state index in [1.54, 1.807) is 7.11 Å². The molecule has 0 aliphatic carbocycles. The van der Waals surface area contributed by atoms with Gasteiger partial charge in [0.1, 0.15) is 0 Å². The van der Waals surface area contributed by atoms with Gasteiger partial charge in [-0.3, -0.25) is 0 Å². The Bertz CT molecular complexity index is 314. The molecule has 1 aliphatic rings. The minimum absolute atomic E-state index is 0.673. The van der Waals surface area contributed by atoms with Crippen molar-refractivity contribution in [2.75, 3.05) is 56.8 Å². The molecular formula is C9H16N4O2S. The van der Waals surface area contributed by atoms with Crippen molar-refractivity contribution in [1.82, 2.24) is 9.36 Å². The van der Waals surface area contributed by atoms with Crippen LogP contribution in [0.25, 0.3) is 0 Å². The topological polar surface area (TPSA) is 59.5 Å². The van der Waals surface area contributed by atoms with E-state index in [9.17, 15) is 0 Å². The second kappa shape index (κ2) is 5.97. The number of aromatic nitrogens is 2. The van der Waals surface area contributed by atoms with Crippen molar-refractivity contribution in [3.8, 4) is 0 Å². The van der Waals surface area contributed by atoms with Crippen LogP contribution in [0, 0.1) is 0 Å². The van der Waals surface area contributed by atoms with E-state index in [2.05, 4.69) is 19.6 Å². The Balaban J connectivity index is 1.85. The first kappa shape index (κ1) is 11.6. The molecule has 2 rings (SSSR count). The summed E-state index contributed by atoms with van der Waals surface area (Å²) in [6, 6.07) is 0. The molecule has 0 radical (unpaired) electrons. The molecule has 1 aliphatic heterocycles. The van der Waals surface area contributed by atoms with E-state index >= 15 is 0 Å². The maximum absolute atomic E-state index is 5.28. The molecule has 7 heteroatoms. The Morgan fingerprint density at radius 1 is 1.50 bits per heavy atom. The molecule has 90 valence electrons. The third-order valence-corrected chi connectivity index (χ3v) is 2.95. The summed E-state index contributed by atoms with van der Waals surface area (Å²) in [5.74, 6) is 0.799. The van der Waals surface area contributed by atoms with E-state index in [4.69, 9.17) is 9.47 Å². The molecule has 1 fully saturated rings. The monoisotopic (exact) mass is 244 g/mol. The van der Waals surface area contributed by atoms with E-state index in [1.165, 1.54) is 11.5 Å². The highest BCUT2D eigenvalue weighted by molar-refractivity contribution is 7.09. The van der Waals surface area contributed by atoms with Crippen molar-refractivity contribution in [2.24, 2.45) is 0 Å². The third kappa shape index (κ3) is 3.03. The minimum Gasteiger partial charge on any atom is -0.383 e. The number of nitrogens with one attached hydrogen (secondary N) is 1. The van der Waals surface area contributed by atoms with Crippen LogP contribution >= 0.6 is 11.5 Å². The molecule has 2 heterocycles. The van der Waals surface area contributed by atoms with Gasteiger partial charge in [0.05, 0.1) is 19.8 Å². The maximum Gasteiger partial charge on any atom is 0.239 e. The van der Waals surface area contributed by atoms with Crippen LogP contribution in [0.2, 0.25) is 0 Å². The van der Waals surface area contributed by atoms with Gasteiger partial charge in [-0.15, -0.1) is 0 Å². The fourth-order valence-corrected chi connectivity index (χ4v) is 2.05. The average molecular weight is 244 g/mol. The summed E-state index contributed by atoms with van der Waals surface area (Å²) in [4.78, 5) is 6.56. The summed E-state index contributed by atoms with van der Waals surface area (Å²) < 4.78 is 14.6. The molecule has 6 nitrogen and oxygen atoms in total. The minimum atomic E-state index is 0.673. The van der Waals surface area contributed by atoms with Crippen LogP contribution in [-0.2, 0) is 9.47 Å². The van der Waals surface area contributed by atoms with Crippen LogP contribution in [0.4, 0.5) is 11.1 Å². The summed E-state index contributed by atoms with van der Waals surface area (Å²) in [7, 11) is 1.68. The van der Waals surface area contributed by atoms with Crippen molar-refractivity contribution in [2.45, 2.75) is 0 Å². The standard InChI is InChI=1S/C9H16N4O2S/c1-14-5-2-10-9-11-8(12-16-9)13-3-6-15-7-4-13/h2-7H2,1H3,(H,10,11,12). The Labute approximate surface area is 98.7 Å². The second-order valence-corrected chi connectivity index (χ2v) is 4.17. The smallest absolute Gasteiger partial charge is 0.239 e. The van der Waals surface area contributed by atoms with E-state index in [0.717, 1.165) is 43.9 Å². The molecular weight excluding hydrogens is 228 g/mol. The van der Waals surface area contributed by atoms with Gasteiger partial charge in [-0.25, -0.2) is 0 Å². The predicted molar refractivity (Wildman–Crippen MR) is 63.3 cm³/mol. The lowest BCUT2D eigenvalue weighted by molar-refractivity contribution is 0.122. The third-order valence-electron chi connectivity index (χ3n) is 2.29. The Morgan fingerprint density at radius 2 is 2.31 bits per heavy atom. The largest absolute Gasteiger partial charge is 0.383 e. The fourth-order valence-electron chi connectivity index (χ4n) is 1.44. The number of nitrogens with zero attached hydrogens (tertiary/aromatic N) is 3. The Hall–Kier alpha value is -0.920. The van der Waals surface area contributed by atoms with Gasteiger partial charge in [-0.05, 0) is 0 Å².